The maximum Gasteiger partial charge on any atom is 0.322 e. The molecule has 1 aliphatic rings. The fourth-order valence-corrected chi connectivity index (χ4v) is 2.33. The van der Waals surface area contributed by atoms with E-state index in [2.05, 4.69) is 39.1 Å². The highest BCUT2D eigenvalue weighted by Crippen LogP contribution is 2.26. The number of hydrogen-bond acceptors (Lipinski definition) is 7. The molecule has 1 aromatic rings. The Morgan fingerprint density at radius 3 is 2.72 bits per heavy atom. The predicted molar refractivity (Wildman–Crippen MR) is 69.4 cm³/mol. The number of piperidine rings is 1. The maximum absolute atomic E-state index is 5.35. The van der Waals surface area contributed by atoms with Gasteiger partial charge in [-0.3, -0.25) is 5.43 Å². The van der Waals surface area contributed by atoms with Crippen LogP contribution in [-0.2, 0) is 0 Å². The van der Waals surface area contributed by atoms with E-state index in [1.54, 1.807) is 0 Å². The summed E-state index contributed by atoms with van der Waals surface area (Å²) >= 11 is 0. The molecule has 0 amide bonds. The Morgan fingerprint density at radius 1 is 1.33 bits per heavy atom. The highest BCUT2D eigenvalue weighted by molar-refractivity contribution is 5.39. The fourth-order valence-electron chi connectivity index (χ4n) is 2.33. The van der Waals surface area contributed by atoms with Crippen molar-refractivity contribution in [3.8, 4) is 6.01 Å². The van der Waals surface area contributed by atoms with Gasteiger partial charge in [0, 0.05) is 12.6 Å². The van der Waals surface area contributed by atoms with Crippen LogP contribution < -0.4 is 20.9 Å². The lowest BCUT2D eigenvalue weighted by Crippen LogP contribution is -2.41. The number of rotatable bonds is 3. The molecule has 1 aromatic heterocycles. The zero-order chi connectivity index (χ0) is 13.1. The number of nitrogens with zero attached hydrogens (tertiary/aromatic N) is 4. The van der Waals surface area contributed by atoms with Gasteiger partial charge in [0.2, 0.25) is 11.9 Å². The third-order valence-electron chi connectivity index (χ3n) is 3.31. The van der Waals surface area contributed by atoms with E-state index in [0.29, 0.717) is 17.9 Å². The molecule has 2 rings (SSSR count). The highest BCUT2D eigenvalue weighted by Gasteiger charge is 2.25. The van der Waals surface area contributed by atoms with Crippen LogP contribution in [0.25, 0.3) is 0 Å². The summed E-state index contributed by atoms with van der Waals surface area (Å²) in [5.74, 6) is 7.04. The molecule has 0 bridgehead atoms. The zero-order valence-electron chi connectivity index (χ0n) is 11.1. The Bertz CT molecular complexity index is 390. The molecular weight excluding hydrogens is 232 g/mol. The van der Waals surface area contributed by atoms with Crippen LogP contribution in [0.2, 0.25) is 0 Å². The van der Waals surface area contributed by atoms with Crippen LogP contribution in [0.1, 0.15) is 26.7 Å². The molecule has 3 N–H and O–H groups in total. The molecule has 0 aromatic carbocycles. The van der Waals surface area contributed by atoms with Gasteiger partial charge in [-0.1, -0.05) is 6.92 Å². The molecule has 0 saturated carbocycles. The van der Waals surface area contributed by atoms with Gasteiger partial charge in [-0.05, 0) is 25.7 Å². The van der Waals surface area contributed by atoms with Crippen molar-refractivity contribution in [3.63, 3.8) is 0 Å². The standard InChI is InChI=1S/C11H20N6O/c1-7-4-5-17(8(2)6-7)10-13-9(16-12)14-11(15-10)18-3/h7-8H,4-6,12H2,1-3H3,(H,13,14,15,16). The molecule has 1 aliphatic heterocycles. The van der Waals surface area contributed by atoms with Crippen molar-refractivity contribution in [1.82, 2.24) is 15.0 Å². The van der Waals surface area contributed by atoms with Crippen LogP contribution in [0.15, 0.2) is 0 Å². The molecule has 100 valence electrons. The van der Waals surface area contributed by atoms with Crippen molar-refractivity contribution >= 4 is 11.9 Å². The van der Waals surface area contributed by atoms with Crippen molar-refractivity contribution in [2.45, 2.75) is 32.7 Å². The summed E-state index contributed by atoms with van der Waals surface area (Å²) in [5, 5.41) is 0. The Kier molecular flexibility index (Phi) is 3.81. The van der Waals surface area contributed by atoms with Crippen molar-refractivity contribution < 1.29 is 4.74 Å². The summed E-state index contributed by atoms with van der Waals surface area (Å²) < 4.78 is 5.06. The predicted octanol–water partition coefficient (Wildman–Crippen LogP) is 0.791. The van der Waals surface area contributed by atoms with Gasteiger partial charge in [0.25, 0.3) is 0 Å². The van der Waals surface area contributed by atoms with Crippen LogP contribution in [0.3, 0.4) is 0 Å². The van der Waals surface area contributed by atoms with Crippen LogP contribution in [0.5, 0.6) is 6.01 Å². The van der Waals surface area contributed by atoms with E-state index in [0.717, 1.165) is 25.3 Å². The lowest BCUT2D eigenvalue weighted by Gasteiger charge is -2.36. The number of nitrogens with one attached hydrogen (secondary N) is 1. The number of methoxy groups -OCH3 is 1. The molecule has 0 spiro atoms. The average molecular weight is 252 g/mol. The van der Waals surface area contributed by atoms with Crippen LogP contribution in [0.4, 0.5) is 11.9 Å². The molecule has 0 radical (unpaired) electrons. The van der Waals surface area contributed by atoms with Gasteiger partial charge in [-0.15, -0.1) is 0 Å². The summed E-state index contributed by atoms with van der Waals surface area (Å²) in [6.07, 6.45) is 2.28. The number of aromatic nitrogens is 3. The molecular formula is C11H20N6O. The van der Waals surface area contributed by atoms with E-state index in [9.17, 15) is 0 Å². The van der Waals surface area contributed by atoms with Crippen molar-refractivity contribution in [2.24, 2.45) is 11.8 Å². The van der Waals surface area contributed by atoms with Crippen LogP contribution in [0, 0.1) is 5.92 Å². The average Bonchev–Trinajstić information content (AvgIpc) is 2.38. The third kappa shape index (κ3) is 2.61. The maximum atomic E-state index is 5.35. The first-order chi connectivity index (χ1) is 8.63. The minimum absolute atomic E-state index is 0.277. The molecule has 7 nitrogen and oxygen atoms in total. The first kappa shape index (κ1) is 12.8. The number of ether oxygens (including phenoxy) is 1. The summed E-state index contributed by atoms with van der Waals surface area (Å²) in [5.41, 5.74) is 2.44. The minimum atomic E-state index is 0.277. The zero-order valence-corrected chi connectivity index (χ0v) is 11.1. The van der Waals surface area contributed by atoms with Gasteiger partial charge in [-0.25, -0.2) is 5.84 Å². The molecule has 2 unspecified atom stereocenters. The SMILES string of the molecule is COc1nc(NN)nc(N2CCC(C)CC2C)n1. The number of hydrogen-bond donors (Lipinski definition) is 2. The number of nitrogen functional groups attached to an aromatic ring is 1. The Hall–Kier alpha value is -1.63. The minimum Gasteiger partial charge on any atom is -0.467 e. The van der Waals surface area contributed by atoms with Crippen LogP contribution >= 0.6 is 0 Å². The normalized spacial score (nSPS) is 23.9. The lowest BCUT2D eigenvalue weighted by atomic mass is 9.94. The van der Waals surface area contributed by atoms with Gasteiger partial charge in [0.15, 0.2) is 0 Å². The summed E-state index contributed by atoms with van der Waals surface area (Å²) in [6, 6.07) is 0.685. The van der Waals surface area contributed by atoms with Gasteiger partial charge in [-0.2, -0.15) is 15.0 Å². The van der Waals surface area contributed by atoms with Crippen molar-refractivity contribution in [2.75, 3.05) is 24.0 Å². The second-order valence-electron chi connectivity index (χ2n) is 4.76. The van der Waals surface area contributed by atoms with Gasteiger partial charge in [0.05, 0.1) is 7.11 Å². The molecule has 2 atom stereocenters. The topological polar surface area (TPSA) is 89.2 Å². The lowest BCUT2D eigenvalue weighted by molar-refractivity contribution is 0.362. The summed E-state index contributed by atoms with van der Waals surface area (Å²) in [6.45, 7) is 5.40. The second kappa shape index (κ2) is 5.34. The Labute approximate surface area is 107 Å². The smallest absolute Gasteiger partial charge is 0.322 e. The van der Waals surface area contributed by atoms with Crippen molar-refractivity contribution in [1.29, 1.82) is 0 Å². The molecule has 1 saturated heterocycles. The number of anilines is 2. The first-order valence-corrected chi connectivity index (χ1v) is 6.17. The largest absolute Gasteiger partial charge is 0.467 e. The van der Waals surface area contributed by atoms with E-state index >= 15 is 0 Å². The fraction of sp³-hybridized carbons (Fsp3) is 0.727. The quantitative estimate of drug-likeness (QED) is 0.607. The highest BCUT2D eigenvalue weighted by atomic mass is 16.5. The first-order valence-electron chi connectivity index (χ1n) is 6.17. The Morgan fingerprint density at radius 2 is 2.11 bits per heavy atom. The molecule has 18 heavy (non-hydrogen) atoms. The summed E-state index contributed by atoms with van der Waals surface area (Å²) in [7, 11) is 1.53. The van der Waals surface area contributed by atoms with Crippen molar-refractivity contribution in [3.05, 3.63) is 0 Å². The van der Waals surface area contributed by atoms with E-state index in [4.69, 9.17) is 10.6 Å². The molecule has 1 fully saturated rings. The van der Waals surface area contributed by atoms with E-state index in [-0.39, 0.29) is 6.01 Å². The number of nitrogens with two attached hydrogens (primary N) is 1. The number of hydrazine groups is 1. The van der Waals surface area contributed by atoms with Gasteiger partial charge >= 0.3 is 6.01 Å². The van der Waals surface area contributed by atoms with Crippen LogP contribution in [-0.4, -0.2) is 34.6 Å². The monoisotopic (exact) mass is 252 g/mol. The molecule has 7 heteroatoms. The van der Waals surface area contributed by atoms with Gasteiger partial charge in [0.1, 0.15) is 0 Å². The van der Waals surface area contributed by atoms with Gasteiger partial charge < -0.3 is 9.64 Å². The van der Waals surface area contributed by atoms with E-state index in [1.807, 2.05) is 0 Å². The van der Waals surface area contributed by atoms with E-state index < -0.39 is 0 Å². The third-order valence-corrected chi connectivity index (χ3v) is 3.31. The van der Waals surface area contributed by atoms with E-state index in [1.165, 1.54) is 7.11 Å². The molecule has 2 heterocycles. The summed E-state index contributed by atoms with van der Waals surface area (Å²) in [4.78, 5) is 14.7. The Balaban J connectivity index is 2.26. The second-order valence-corrected chi connectivity index (χ2v) is 4.76. The molecule has 0 aliphatic carbocycles.